The summed E-state index contributed by atoms with van der Waals surface area (Å²) in [5.41, 5.74) is 3.08. The Balaban J connectivity index is 1.55. The summed E-state index contributed by atoms with van der Waals surface area (Å²) in [4.78, 5) is 0. The topological polar surface area (TPSA) is 21.3 Å². The van der Waals surface area contributed by atoms with Crippen LogP contribution in [0.2, 0.25) is 5.02 Å². The van der Waals surface area contributed by atoms with Crippen molar-refractivity contribution in [1.29, 1.82) is 0 Å². The lowest BCUT2D eigenvalue weighted by Crippen LogP contribution is -2.14. The van der Waals surface area contributed by atoms with Crippen molar-refractivity contribution in [2.24, 2.45) is 0 Å². The van der Waals surface area contributed by atoms with Crippen molar-refractivity contribution in [3.8, 4) is 5.75 Å². The van der Waals surface area contributed by atoms with Gasteiger partial charge < -0.3 is 10.1 Å². The van der Waals surface area contributed by atoms with E-state index in [1.54, 1.807) is 12.1 Å². The Morgan fingerprint density at radius 3 is 2.38 bits per heavy atom. The monoisotopic (exact) mass is 405 g/mol. The number of benzene rings is 4. The molecule has 0 aliphatic heterocycles. The molecule has 0 saturated heterocycles. The first-order chi connectivity index (χ1) is 14.2. The van der Waals surface area contributed by atoms with Crippen LogP contribution >= 0.6 is 11.6 Å². The molecule has 0 bridgehead atoms. The number of hydrogen-bond acceptors (Lipinski definition) is 2. The van der Waals surface area contributed by atoms with E-state index in [4.69, 9.17) is 16.3 Å². The highest BCUT2D eigenvalue weighted by Gasteiger charge is 2.10. The first kappa shape index (κ1) is 19.4. The largest absolute Gasteiger partial charge is 0.488 e. The van der Waals surface area contributed by atoms with E-state index in [0.29, 0.717) is 24.7 Å². The van der Waals surface area contributed by atoms with E-state index in [0.717, 1.165) is 33.2 Å². The average Bonchev–Trinajstić information content (AvgIpc) is 2.75. The summed E-state index contributed by atoms with van der Waals surface area (Å²) < 4.78 is 19.3. The quantitative estimate of drug-likeness (QED) is 0.379. The molecule has 2 nitrogen and oxygen atoms in total. The maximum absolute atomic E-state index is 13.1. The van der Waals surface area contributed by atoms with Gasteiger partial charge in [0.25, 0.3) is 0 Å². The SMILES string of the molecule is Fc1ccc(CNCc2c(OCc3ccccc3Cl)ccc3ccccc23)cc1. The van der Waals surface area contributed by atoms with E-state index in [2.05, 4.69) is 23.5 Å². The molecule has 0 aliphatic carbocycles. The third-order valence-electron chi connectivity index (χ3n) is 4.88. The van der Waals surface area contributed by atoms with Gasteiger partial charge in [0.05, 0.1) is 0 Å². The van der Waals surface area contributed by atoms with Crippen LogP contribution in [-0.4, -0.2) is 0 Å². The van der Waals surface area contributed by atoms with Crippen molar-refractivity contribution in [2.75, 3.05) is 0 Å². The lowest BCUT2D eigenvalue weighted by atomic mass is 10.0. The third kappa shape index (κ3) is 4.76. The van der Waals surface area contributed by atoms with Crippen LogP contribution in [0.4, 0.5) is 4.39 Å². The summed E-state index contributed by atoms with van der Waals surface area (Å²) in [6.07, 6.45) is 0. The lowest BCUT2D eigenvalue weighted by Gasteiger charge is -2.16. The average molecular weight is 406 g/mol. The molecule has 0 heterocycles. The van der Waals surface area contributed by atoms with Gasteiger partial charge in [0.2, 0.25) is 0 Å². The minimum atomic E-state index is -0.224. The molecule has 29 heavy (non-hydrogen) atoms. The Morgan fingerprint density at radius 2 is 1.55 bits per heavy atom. The van der Waals surface area contributed by atoms with Crippen LogP contribution in [0.5, 0.6) is 5.75 Å². The van der Waals surface area contributed by atoms with Gasteiger partial charge in [-0.3, -0.25) is 0 Å². The Labute approximate surface area is 174 Å². The van der Waals surface area contributed by atoms with Crippen LogP contribution in [0.1, 0.15) is 16.7 Å². The first-order valence-electron chi connectivity index (χ1n) is 9.53. The minimum absolute atomic E-state index is 0.224. The third-order valence-corrected chi connectivity index (χ3v) is 5.25. The van der Waals surface area contributed by atoms with Crippen LogP contribution < -0.4 is 10.1 Å². The van der Waals surface area contributed by atoms with Crippen molar-refractivity contribution in [3.63, 3.8) is 0 Å². The Hall–Kier alpha value is -2.88. The van der Waals surface area contributed by atoms with Crippen molar-refractivity contribution < 1.29 is 9.13 Å². The van der Waals surface area contributed by atoms with E-state index in [1.807, 2.05) is 42.5 Å². The number of halogens is 2. The molecule has 0 fully saturated rings. The summed E-state index contributed by atoms with van der Waals surface area (Å²) in [6, 6.07) is 26.6. The molecule has 0 amide bonds. The van der Waals surface area contributed by atoms with Crippen molar-refractivity contribution >= 4 is 22.4 Å². The molecule has 0 aliphatic rings. The maximum Gasteiger partial charge on any atom is 0.124 e. The second kappa shape index (κ2) is 9.08. The van der Waals surface area contributed by atoms with Gasteiger partial charge in [-0.05, 0) is 40.6 Å². The van der Waals surface area contributed by atoms with Crippen LogP contribution in [0.3, 0.4) is 0 Å². The van der Waals surface area contributed by atoms with Crippen LogP contribution in [0, 0.1) is 5.82 Å². The maximum atomic E-state index is 13.1. The van der Waals surface area contributed by atoms with Crippen LogP contribution in [0.25, 0.3) is 10.8 Å². The van der Waals surface area contributed by atoms with Gasteiger partial charge in [0.15, 0.2) is 0 Å². The molecule has 4 aromatic carbocycles. The summed E-state index contributed by atoms with van der Waals surface area (Å²) in [5, 5.41) is 6.46. The van der Waals surface area contributed by atoms with Crippen molar-refractivity contribution in [2.45, 2.75) is 19.7 Å². The minimum Gasteiger partial charge on any atom is -0.488 e. The van der Waals surface area contributed by atoms with E-state index in [-0.39, 0.29) is 5.82 Å². The fraction of sp³-hybridized carbons (Fsp3) is 0.120. The highest BCUT2D eigenvalue weighted by atomic mass is 35.5. The van der Waals surface area contributed by atoms with Gasteiger partial charge >= 0.3 is 0 Å². The van der Waals surface area contributed by atoms with Gasteiger partial charge in [-0.1, -0.05) is 72.3 Å². The van der Waals surface area contributed by atoms with E-state index < -0.39 is 0 Å². The Bertz CT molecular complexity index is 1110. The highest BCUT2D eigenvalue weighted by molar-refractivity contribution is 6.31. The number of hydrogen-bond donors (Lipinski definition) is 1. The Kier molecular flexibility index (Phi) is 6.09. The number of rotatable bonds is 7. The molecular formula is C25H21ClFNO. The summed E-state index contributed by atoms with van der Waals surface area (Å²) in [5.74, 6) is 0.605. The highest BCUT2D eigenvalue weighted by Crippen LogP contribution is 2.29. The molecule has 4 rings (SSSR count). The van der Waals surface area contributed by atoms with Gasteiger partial charge in [0, 0.05) is 29.2 Å². The molecule has 1 N–H and O–H groups in total. The molecule has 0 spiro atoms. The van der Waals surface area contributed by atoms with Gasteiger partial charge in [-0.25, -0.2) is 4.39 Å². The zero-order valence-corrected chi connectivity index (χ0v) is 16.6. The van der Waals surface area contributed by atoms with Gasteiger partial charge in [0.1, 0.15) is 18.2 Å². The number of ether oxygens (including phenoxy) is 1. The predicted molar refractivity (Wildman–Crippen MR) is 117 cm³/mol. The van der Waals surface area contributed by atoms with Crippen molar-refractivity contribution in [1.82, 2.24) is 5.32 Å². The predicted octanol–water partition coefficient (Wildman–Crippen LogP) is 6.50. The number of nitrogens with one attached hydrogen (secondary N) is 1. The zero-order valence-electron chi connectivity index (χ0n) is 15.9. The van der Waals surface area contributed by atoms with Crippen molar-refractivity contribution in [3.05, 3.63) is 112 Å². The fourth-order valence-corrected chi connectivity index (χ4v) is 3.53. The first-order valence-corrected chi connectivity index (χ1v) is 9.90. The van der Waals surface area contributed by atoms with E-state index >= 15 is 0 Å². The molecule has 0 saturated carbocycles. The molecule has 0 atom stereocenters. The fourth-order valence-electron chi connectivity index (χ4n) is 3.34. The number of fused-ring (bicyclic) bond motifs is 1. The Morgan fingerprint density at radius 1 is 0.793 bits per heavy atom. The molecular weight excluding hydrogens is 385 g/mol. The smallest absolute Gasteiger partial charge is 0.124 e. The zero-order chi connectivity index (χ0) is 20.1. The lowest BCUT2D eigenvalue weighted by molar-refractivity contribution is 0.303. The summed E-state index contributed by atoms with van der Waals surface area (Å²) in [7, 11) is 0. The van der Waals surface area contributed by atoms with E-state index in [9.17, 15) is 4.39 Å². The standard InChI is InChI=1S/C25H21ClFNO/c26-24-8-4-2-6-20(24)17-29-25-14-11-19-5-1-3-7-22(19)23(25)16-28-15-18-9-12-21(27)13-10-18/h1-14,28H,15-17H2. The van der Waals surface area contributed by atoms with Crippen LogP contribution in [-0.2, 0) is 19.7 Å². The van der Waals surface area contributed by atoms with Gasteiger partial charge in [-0.2, -0.15) is 0 Å². The molecule has 4 heteroatoms. The second-order valence-corrected chi connectivity index (χ2v) is 7.28. The summed E-state index contributed by atoms with van der Waals surface area (Å²) >= 11 is 6.27. The summed E-state index contributed by atoms with van der Waals surface area (Å²) in [6.45, 7) is 1.69. The molecule has 0 unspecified atom stereocenters. The van der Waals surface area contributed by atoms with Crippen LogP contribution in [0.15, 0.2) is 84.9 Å². The molecule has 4 aromatic rings. The second-order valence-electron chi connectivity index (χ2n) is 6.87. The van der Waals surface area contributed by atoms with E-state index in [1.165, 1.54) is 12.1 Å². The molecule has 146 valence electrons. The normalized spacial score (nSPS) is 11.0. The molecule has 0 radical (unpaired) electrons. The molecule has 0 aromatic heterocycles. The van der Waals surface area contributed by atoms with Gasteiger partial charge in [-0.15, -0.1) is 0 Å².